The molecule has 0 saturated heterocycles. The number of hydrogen-bond donors (Lipinski definition) is 3. The number of carbonyl (C=O) groups is 1. The summed E-state index contributed by atoms with van der Waals surface area (Å²) in [5, 5.41) is 3.23. The molecule has 0 aliphatic carbocycles. The highest BCUT2D eigenvalue weighted by atomic mass is 19.1. The van der Waals surface area contributed by atoms with Crippen molar-refractivity contribution in [3.8, 4) is 11.3 Å². The Bertz CT molecular complexity index is 1280. The zero-order chi connectivity index (χ0) is 22.1. The fraction of sp³-hybridized carbons (Fsp3) is 0.130. The lowest BCUT2D eigenvalue weighted by Gasteiger charge is -2.10. The molecule has 31 heavy (non-hydrogen) atoms. The maximum Gasteiger partial charge on any atom is 0.261 e. The average Bonchev–Trinajstić information content (AvgIpc) is 3.14. The zero-order valence-electron chi connectivity index (χ0n) is 17.0. The number of aromatic nitrogens is 2. The van der Waals surface area contributed by atoms with E-state index in [0.717, 1.165) is 35.3 Å². The molecule has 2 heterocycles. The summed E-state index contributed by atoms with van der Waals surface area (Å²) in [7, 11) is 4.02. The van der Waals surface area contributed by atoms with Gasteiger partial charge in [0.2, 0.25) is 0 Å². The summed E-state index contributed by atoms with van der Waals surface area (Å²) in [6.07, 6.45) is 1.42. The van der Waals surface area contributed by atoms with Gasteiger partial charge in [-0.3, -0.25) is 4.79 Å². The van der Waals surface area contributed by atoms with Crippen molar-refractivity contribution < 1.29 is 13.6 Å². The van der Waals surface area contributed by atoms with Gasteiger partial charge in [0.1, 0.15) is 17.0 Å². The number of carbonyl (C=O) groups excluding carboxylic acids is 1. The number of H-pyrrole nitrogens is 1. The Morgan fingerprint density at radius 3 is 2.74 bits per heavy atom. The quantitative estimate of drug-likeness (QED) is 0.417. The van der Waals surface area contributed by atoms with Gasteiger partial charge >= 0.3 is 0 Å². The molecule has 1 amide bonds. The van der Waals surface area contributed by atoms with Crippen LogP contribution in [-0.2, 0) is 6.54 Å². The van der Waals surface area contributed by atoms with E-state index in [1.54, 1.807) is 6.07 Å². The molecule has 0 spiro atoms. The van der Waals surface area contributed by atoms with Crippen molar-refractivity contribution >= 4 is 28.3 Å². The standard InChI is InChI=1S/C23H21F2N5O/c1-30(2)12-13-4-3-5-14(8-13)19-10-15-9-16(11-27-22(15)29-19)28-23(31)20-17(24)6-7-18(26)21(20)25/h3-11H,12,26H2,1-2H3,(H,27,29)(H,28,31). The molecule has 2 aromatic heterocycles. The van der Waals surface area contributed by atoms with Gasteiger partial charge in [-0.2, -0.15) is 0 Å². The number of aromatic amines is 1. The monoisotopic (exact) mass is 421 g/mol. The van der Waals surface area contributed by atoms with Crippen molar-refractivity contribution in [1.29, 1.82) is 0 Å². The number of rotatable bonds is 5. The lowest BCUT2D eigenvalue weighted by atomic mass is 10.1. The van der Waals surface area contributed by atoms with E-state index in [1.165, 1.54) is 11.8 Å². The van der Waals surface area contributed by atoms with Crippen LogP contribution in [0.5, 0.6) is 0 Å². The van der Waals surface area contributed by atoms with Crippen LogP contribution in [-0.4, -0.2) is 34.9 Å². The summed E-state index contributed by atoms with van der Waals surface area (Å²) < 4.78 is 28.1. The third-order valence-electron chi connectivity index (χ3n) is 4.81. The molecule has 4 aromatic rings. The first-order chi connectivity index (χ1) is 14.8. The van der Waals surface area contributed by atoms with Crippen LogP contribution in [0.25, 0.3) is 22.3 Å². The lowest BCUT2D eigenvalue weighted by Crippen LogP contribution is -2.17. The van der Waals surface area contributed by atoms with E-state index < -0.39 is 23.1 Å². The first kappa shape index (κ1) is 20.5. The molecule has 158 valence electrons. The summed E-state index contributed by atoms with van der Waals surface area (Å²) >= 11 is 0. The zero-order valence-corrected chi connectivity index (χ0v) is 17.0. The lowest BCUT2D eigenvalue weighted by molar-refractivity contribution is 0.101. The summed E-state index contributed by atoms with van der Waals surface area (Å²) in [6, 6.07) is 13.8. The molecule has 0 atom stereocenters. The topological polar surface area (TPSA) is 87.0 Å². The maximum atomic E-state index is 14.1. The predicted octanol–water partition coefficient (Wildman–Crippen LogP) is 4.40. The van der Waals surface area contributed by atoms with Crippen LogP contribution in [0.4, 0.5) is 20.2 Å². The number of nitrogen functional groups attached to an aromatic ring is 1. The Morgan fingerprint density at radius 2 is 1.97 bits per heavy atom. The van der Waals surface area contributed by atoms with Crippen LogP contribution in [0.15, 0.2) is 54.7 Å². The first-order valence-electron chi connectivity index (χ1n) is 9.59. The number of nitrogens with zero attached hydrogens (tertiary/aromatic N) is 2. The minimum Gasteiger partial charge on any atom is -0.396 e. The summed E-state index contributed by atoms with van der Waals surface area (Å²) in [5.74, 6) is -3.01. The predicted molar refractivity (Wildman–Crippen MR) is 118 cm³/mol. The molecule has 0 radical (unpaired) electrons. The Hall–Kier alpha value is -3.78. The maximum absolute atomic E-state index is 14.1. The smallest absolute Gasteiger partial charge is 0.261 e. The van der Waals surface area contributed by atoms with Crippen molar-refractivity contribution in [3.63, 3.8) is 0 Å². The van der Waals surface area contributed by atoms with Gasteiger partial charge in [0.05, 0.1) is 17.6 Å². The number of hydrogen-bond acceptors (Lipinski definition) is 4. The summed E-state index contributed by atoms with van der Waals surface area (Å²) in [4.78, 5) is 22.1. The third-order valence-corrected chi connectivity index (χ3v) is 4.81. The van der Waals surface area contributed by atoms with Crippen LogP contribution < -0.4 is 11.1 Å². The van der Waals surface area contributed by atoms with E-state index in [9.17, 15) is 13.6 Å². The molecular weight excluding hydrogens is 400 g/mol. The van der Waals surface area contributed by atoms with E-state index in [1.807, 2.05) is 32.3 Å². The van der Waals surface area contributed by atoms with Crippen molar-refractivity contribution in [3.05, 3.63) is 77.5 Å². The van der Waals surface area contributed by atoms with E-state index >= 15 is 0 Å². The van der Waals surface area contributed by atoms with E-state index in [4.69, 9.17) is 5.73 Å². The number of amides is 1. The second-order valence-electron chi connectivity index (χ2n) is 7.56. The molecule has 2 aromatic carbocycles. The highest BCUT2D eigenvalue weighted by Gasteiger charge is 2.20. The Labute approximate surface area is 177 Å². The number of nitrogens with one attached hydrogen (secondary N) is 2. The number of anilines is 2. The number of fused-ring (bicyclic) bond motifs is 1. The second kappa shape index (κ2) is 8.16. The van der Waals surface area contributed by atoms with Gasteiger partial charge in [0.15, 0.2) is 5.82 Å². The molecular formula is C23H21F2N5O. The molecule has 0 bridgehead atoms. The van der Waals surface area contributed by atoms with Crippen molar-refractivity contribution in [1.82, 2.24) is 14.9 Å². The largest absolute Gasteiger partial charge is 0.396 e. The van der Waals surface area contributed by atoms with Gasteiger partial charge < -0.3 is 20.9 Å². The second-order valence-corrected chi connectivity index (χ2v) is 7.56. The first-order valence-corrected chi connectivity index (χ1v) is 9.59. The average molecular weight is 421 g/mol. The minimum atomic E-state index is -1.09. The normalized spacial score (nSPS) is 11.3. The van der Waals surface area contributed by atoms with Crippen molar-refractivity contribution in [2.75, 3.05) is 25.1 Å². The highest BCUT2D eigenvalue weighted by molar-refractivity contribution is 6.05. The van der Waals surface area contributed by atoms with Crippen molar-refractivity contribution in [2.45, 2.75) is 6.54 Å². The molecule has 4 rings (SSSR count). The molecule has 0 aliphatic rings. The van der Waals surface area contributed by atoms with Gasteiger partial charge in [0.25, 0.3) is 5.91 Å². The molecule has 4 N–H and O–H groups in total. The number of nitrogens with two attached hydrogens (primary N) is 1. The molecule has 6 nitrogen and oxygen atoms in total. The Kier molecular flexibility index (Phi) is 5.39. The fourth-order valence-corrected chi connectivity index (χ4v) is 3.41. The van der Waals surface area contributed by atoms with Crippen molar-refractivity contribution in [2.24, 2.45) is 0 Å². The van der Waals surface area contributed by atoms with Crippen LogP contribution in [0.2, 0.25) is 0 Å². The van der Waals surface area contributed by atoms with Gasteiger partial charge in [-0.25, -0.2) is 13.8 Å². The third kappa shape index (κ3) is 4.24. The van der Waals surface area contributed by atoms with Crippen LogP contribution in [0, 0.1) is 11.6 Å². The Morgan fingerprint density at radius 1 is 1.16 bits per heavy atom. The molecule has 0 fully saturated rings. The van der Waals surface area contributed by atoms with E-state index in [-0.39, 0.29) is 5.69 Å². The van der Waals surface area contributed by atoms with Crippen LogP contribution >= 0.6 is 0 Å². The molecule has 0 aliphatic heterocycles. The summed E-state index contributed by atoms with van der Waals surface area (Å²) in [6.45, 7) is 0.819. The summed E-state index contributed by atoms with van der Waals surface area (Å²) in [5.41, 5.74) is 8.42. The SMILES string of the molecule is CN(C)Cc1cccc(-c2cc3cc(NC(=O)c4c(F)ccc(N)c4F)cnc3[nH]2)c1. The highest BCUT2D eigenvalue weighted by Crippen LogP contribution is 2.26. The number of pyridine rings is 1. The molecule has 0 unspecified atom stereocenters. The van der Waals surface area contributed by atoms with Gasteiger partial charge in [0, 0.05) is 17.6 Å². The van der Waals surface area contributed by atoms with Crippen LogP contribution in [0.1, 0.15) is 15.9 Å². The molecule has 8 heteroatoms. The van der Waals surface area contributed by atoms with Gasteiger partial charge in [-0.1, -0.05) is 18.2 Å². The number of halogens is 2. The van der Waals surface area contributed by atoms with Crippen LogP contribution in [0.3, 0.4) is 0 Å². The van der Waals surface area contributed by atoms with Gasteiger partial charge in [-0.05, 0) is 55.6 Å². The van der Waals surface area contributed by atoms with Gasteiger partial charge in [-0.15, -0.1) is 0 Å². The fourth-order valence-electron chi connectivity index (χ4n) is 3.41. The van der Waals surface area contributed by atoms with E-state index in [2.05, 4.69) is 32.3 Å². The van der Waals surface area contributed by atoms with E-state index in [0.29, 0.717) is 11.3 Å². The minimum absolute atomic E-state index is 0.299. The number of benzene rings is 2. The Balaban J connectivity index is 1.62. The molecule has 0 saturated carbocycles.